The topological polar surface area (TPSA) is 74.6 Å². The number of hydrogen-bond donors (Lipinski definition) is 2. The molecule has 1 aromatic rings. The molecule has 4 nitrogen and oxygen atoms in total. The van der Waals surface area contributed by atoms with Crippen LogP contribution in [0.2, 0.25) is 0 Å². The van der Waals surface area contributed by atoms with Crippen LogP contribution in [0.15, 0.2) is 61.2 Å². The molecule has 0 aliphatic heterocycles. The maximum atomic E-state index is 9.60. The van der Waals surface area contributed by atoms with Crippen LogP contribution in [0.1, 0.15) is 19.4 Å². The average molecular weight is 276 g/mol. The van der Waals surface area contributed by atoms with E-state index in [1.165, 1.54) is 19.4 Å². The van der Waals surface area contributed by atoms with Gasteiger partial charge in [0.15, 0.2) is 0 Å². The minimum absolute atomic E-state index is 0.176. The number of benzene rings is 1. The summed E-state index contributed by atoms with van der Waals surface area (Å²) in [5, 5.41) is 15.8. The zero-order valence-electron chi connectivity index (χ0n) is 11.8. The lowest BCUT2D eigenvalue weighted by molar-refractivity contribution is -0.133. The molecule has 0 aliphatic carbocycles. The molecule has 0 heterocycles. The molecule has 0 radical (unpaired) electrons. The lowest BCUT2D eigenvalue weighted by Crippen LogP contribution is -1.92. The maximum absolute atomic E-state index is 9.60. The van der Waals surface area contributed by atoms with Crippen molar-refractivity contribution < 1.29 is 19.8 Å². The van der Waals surface area contributed by atoms with Crippen LogP contribution in [0.3, 0.4) is 0 Å². The molecule has 0 spiro atoms. The van der Waals surface area contributed by atoms with Crippen LogP contribution in [-0.4, -0.2) is 22.2 Å². The average Bonchev–Trinajstić information content (AvgIpc) is 2.40. The zero-order valence-corrected chi connectivity index (χ0v) is 11.8. The Morgan fingerprint density at radius 2 is 1.25 bits per heavy atom. The predicted molar refractivity (Wildman–Crippen MR) is 81.4 cm³/mol. The Bertz CT molecular complexity index is 425. The van der Waals surface area contributed by atoms with Crippen LogP contribution < -0.4 is 0 Å². The van der Waals surface area contributed by atoms with Gasteiger partial charge in [0, 0.05) is 11.1 Å². The Morgan fingerprint density at radius 3 is 1.40 bits per heavy atom. The van der Waals surface area contributed by atoms with Gasteiger partial charge in [0.25, 0.3) is 0 Å². The largest absolute Gasteiger partial charge is 0.478 e. The molecular weight excluding hydrogens is 256 g/mol. The second-order valence-corrected chi connectivity index (χ2v) is 3.79. The maximum Gasteiger partial charge on any atom is 0.330 e. The number of hydrogen-bond acceptors (Lipinski definition) is 2. The van der Waals surface area contributed by atoms with Gasteiger partial charge in [-0.15, -0.1) is 0 Å². The highest BCUT2D eigenvalue weighted by Crippen LogP contribution is 1.97. The van der Waals surface area contributed by atoms with Crippen molar-refractivity contribution in [3.8, 4) is 0 Å². The summed E-state index contributed by atoms with van der Waals surface area (Å²) in [5.74, 6) is -1.87. The van der Waals surface area contributed by atoms with Crippen molar-refractivity contribution in [2.45, 2.75) is 13.8 Å². The van der Waals surface area contributed by atoms with E-state index < -0.39 is 11.9 Å². The molecule has 4 heteroatoms. The number of carbonyl (C=O) groups is 2. The van der Waals surface area contributed by atoms with E-state index in [0.29, 0.717) is 0 Å². The fraction of sp³-hybridized carbons (Fsp3) is 0.125. The van der Waals surface area contributed by atoms with E-state index in [1.54, 1.807) is 0 Å². The van der Waals surface area contributed by atoms with E-state index in [0.717, 1.165) is 0 Å². The minimum Gasteiger partial charge on any atom is -0.478 e. The normalized spacial score (nSPS) is 7.90. The highest BCUT2D eigenvalue weighted by Gasteiger charge is 1.90. The van der Waals surface area contributed by atoms with Gasteiger partial charge in [-0.05, 0) is 19.4 Å². The fourth-order valence-electron chi connectivity index (χ4n) is 0.589. The fourth-order valence-corrected chi connectivity index (χ4v) is 0.589. The van der Waals surface area contributed by atoms with Crippen LogP contribution >= 0.6 is 0 Å². The van der Waals surface area contributed by atoms with Crippen molar-refractivity contribution in [2.75, 3.05) is 0 Å². The molecule has 1 aromatic carbocycles. The summed E-state index contributed by atoms with van der Waals surface area (Å²) in [6.07, 6.45) is 1.83. The van der Waals surface area contributed by atoms with Crippen molar-refractivity contribution >= 4 is 18.0 Å². The van der Waals surface area contributed by atoms with Gasteiger partial charge in [-0.2, -0.15) is 0 Å². The molecule has 0 bridgehead atoms. The van der Waals surface area contributed by atoms with Crippen molar-refractivity contribution in [1.29, 1.82) is 0 Å². The third-order valence-electron chi connectivity index (χ3n) is 1.77. The molecule has 0 saturated heterocycles. The first-order chi connectivity index (χ1) is 9.22. The molecular formula is C16H20O4. The van der Waals surface area contributed by atoms with Gasteiger partial charge in [-0.3, -0.25) is 0 Å². The van der Waals surface area contributed by atoms with Gasteiger partial charge >= 0.3 is 11.9 Å². The van der Waals surface area contributed by atoms with Crippen LogP contribution in [0, 0.1) is 0 Å². The SMILES string of the molecule is C=C(C)C(=O)O.C=C(C)C(=O)O.C=Cc1ccccc1. The molecule has 0 amide bonds. The Labute approximate surface area is 119 Å². The molecule has 20 heavy (non-hydrogen) atoms. The van der Waals surface area contributed by atoms with Crippen LogP contribution in [-0.2, 0) is 9.59 Å². The molecule has 2 N–H and O–H groups in total. The summed E-state index contributed by atoms with van der Waals surface area (Å²) in [6.45, 7) is 12.8. The van der Waals surface area contributed by atoms with Gasteiger partial charge in [0.05, 0.1) is 0 Å². The lowest BCUT2D eigenvalue weighted by atomic mass is 10.2. The van der Waals surface area contributed by atoms with Crippen molar-refractivity contribution in [3.63, 3.8) is 0 Å². The summed E-state index contributed by atoms with van der Waals surface area (Å²) in [7, 11) is 0. The highest BCUT2D eigenvalue weighted by atomic mass is 16.4. The monoisotopic (exact) mass is 276 g/mol. The second kappa shape index (κ2) is 11.5. The Balaban J connectivity index is 0. The van der Waals surface area contributed by atoms with E-state index in [9.17, 15) is 9.59 Å². The predicted octanol–water partition coefficient (Wildman–Crippen LogP) is 3.62. The van der Waals surface area contributed by atoms with Crippen LogP contribution in [0.4, 0.5) is 0 Å². The van der Waals surface area contributed by atoms with Gasteiger partial charge in [0.1, 0.15) is 0 Å². The second-order valence-electron chi connectivity index (χ2n) is 3.79. The van der Waals surface area contributed by atoms with Crippen molar-refractivity contribution in [2.24, 2.45) is 0 Å². The van der Waals surface area contributed by atoms with Gasteiger partial charge in [-0.1, -0.05) is 56.1 Å². The standard InChI is InChI=1S/C8H8.2C4H6O2/c1-2-8-6-4-3-5-7-8;2*1-3(2)4(5)6/h2-7H,1H2;2*1H2,2H3,(H,5,6). The van der Waals surface area contributed by atoms with E-state index in [2.05, 4.69) is 19.7 Å². The van der Waals surface area contributed by atoms with E-state index in [4.69, 9.17) is 10.2 Å². The quantitative estimate of drug-likeness (QED) is 0.827. The van der Waals surface area contributed by atoms with Crippen LogP contribution in [0.25, 0.3) is 6.08 Å². The zero-order chi connectivity index (χ0) is 16.1. The molecule has 1 rings (SSSR count). The van der Waals surface area contributed by atoms with E-state index in [1.807, 2.05) is 36.4 Å². The van der Waals surface area contributed by atoms with E-state index in [-0.39, 0.29) is 11.1 Å². The number of carboxylic acids is 2. The summed E-state index contributed by atoms with van der Waals surface area (Å²) >= 11 is 0. The Morgan fingerprint density at radius 1 is 0.950 bits per heavy atom. The summed E-state index contributed by atoms with van der Waals surface area (Å²) in [5.41, 5.74) is 1.53. The third-order valence-corrected chi connectivity index (χ3v) is 1.77. The molecule has 0 atom stereocenters. The minimum atomic E-state index is -0.935. The molecule has 0 aromatic heterocycles. The van der Waals surface area contributed by atoms with Crippen molar-refractivity contribution in [3.05, 3.63) is 66.8 Å². The third kappa shape index (κ3) is 13.4. The number of aliphatic carboxylic acids is 2. The lowest BCUT2D eigenvalue weighted by Gasteiger charge is -1.85. The van der Waals surface area contributed by atoms with Crippen molar-refractivity contribution in [1.82, 2.24) is 0 Å². The molecule has 0 saturated carbocycles. The molecule has 0 unspecified atom stereocenters. The van der Waals surface area contributed by atoms with Gasteiger partial charge in [0.2, 0.25) is 0 Å². The first-order valence-corrected chi connectivity index (χ1v) is 5.67. The highest BCUT2D eigenvalue weighted by molar-refractivity contribution is 5.85. The smallest absolute Gasteiger partial charge is 0.330 e. The summed E-state index contributed by atoms with van der Waals surface area (Å²) in [6, 6.07) is 10.0. The van der Waals surface area contributed by atoms with E-state index >= 15 is 0 Å². The molecule has 108 valence electrons. The summed E-state index contributed by atoms with van der Waals surface area (Å²) in [4.78, 5) is 19.2. The number of carboxylic acid groups (broad SMARTS) is 2. The molecule has 0 aliphatic rings. The first-order valence-electron chi connectivity index (χ1n) is 5.67. The van der Waals surface area contributed by atoms with Gasteiger partial charge in [-0.25, -0.2) is 9.59 Å². The Kier molecular flexibility index (Phi) is 11.3. The number of rotatable bonds is 3. The van der Waals surface area contributed by atoms with Gasteiger partial charge < -0.3 is 10.2 Å². The van der Waals surface area contributed by atoms with Crippen LogP contribution in [0.5, 0.6) is 0 Å². The first kappa shape index (κ1) is 19.7. The summed E-state index contributed by atoms with van der Waals surface area (Å²) < 4.78 is 0. The molecule has 0 fully saturated rings. The Hall–Kier alpha value is -2.62.